The summed E-state index contributed by atoms with van der Waals surface area (Å²) in [4.78, 5) is 14.2. The highest BCUT2D eigenvalue weighted by molar-refractivity contribution is 9.10. The second-order valence-corrected chi connectivity index (χ2v) is 6.10. The van der Waals surface area contributed by atoms with E-state index in [1.54, 1.807) is 11.9 Å². The van der Waals surface area contributed by atoms with E-state index in [1.165, 1.54) is 0 Å². The van der Waals surface area contributed by atoms with Crippen molar-refractivity contribution in [2.24, 2.45) is 0 Å². The Kier molecular flexibility index (Phi) is 3.00. The van der Waals surface area contributed by atoms with Gasteiger partial charge in [-0.3, -0.25) is 4.79 Å². The zero-order valence-corrected chi connectivity index (χ0v) is 13.4. The van der Waals surface area contributed by atoms with E-state index >= 15 is 0 Å². The molecule has 0 saturated heterocycles. The van der Waals surface area contributed by atoms with Gasteiger partial charge in [-0.15, -0.1) is 0 Å². The van der Waals surface area contributed by atoms with Crippen molar-refractivity contribution in [3.63, 3.8) is 0 Å². The minimum Gasteiger partial charge on any atom is -0.454 e. The predicted octanol–water partition coefficient (Wildman–Crippen LogP) is 3.37. The standard InChI is InChI=1S/C16H13BrN2O3/c1-19-15(18-12-5-3-2-4-10(12)16(19)20)9-6-11(17)14-13(7-9)21-8-22-14/h2-7,15,18H,8H2,1H3. The lowest BCUT2D eigenvalue weighted by molar-refractivity contribution is 0.0735. The largest absolute Gasteiger partial charge is 0.454 e. The van der Waals surface area contributed by atoms with Gasteiger partial charge in [0.1, 0.15) is 6.17 Å². The molecule has 22 heavy (non-hydrogen) atoms. The summed E-state index contributed by atoms with van der Waals surface area (Å²) in [6, 6.07) is 11.4. The van der Waals surface area contributed by atoms with Crippen molar-refractivity contribution in [3.05, 3.63) is 52.0 Å². The SMILES string of the molecule is CN1C(=O)c2ccccc2NC1c1cc(Br)c2c(c1)OCO2. The predicted molar refractivity (Wildman–Crippen MR) is 85.2 cm³/mol. The summed E-state index contributed by atoms with van der Waals surface area (Å²) in [6.45, 7) is 0.215. The minimum atomic E-state index is -0.256. The summed E-state index contributed by atoms with van der Waals surface area (Å²) >= 11 is 3.50. The van der Waals surface area contributed by atoms with Crippen molar-refractivity contribution in [1.82, 2.24) is 4.90 Å². The fourth-order valence-electron chi connectivity index (χ4n) is 2.80. The van der Waals surface area contributed by atoms with Gasteiger partial charge >= 0.3 is 0 Å². The molecule has 2 aliphatic heterocycles. The first-order valence-electron chi connectivity index (χ1n) is 6.87. The molecule has 0 radical (unpaired) electrons. The first kappa shape index (κ1) is 13.5. The number of rotatable bonds is 1. The van der Waals surface area contributed by atoms with E-state index in [2.05, 4.69) is 21.2 Å². The molecule has 2 aliphatic rings. The lowest BCUT2D eigenvalue weighted by Crippen LogP contribution is -2.40. The fraction of sp³-hybridized carbons (Fsp3) is 0.188. The topological polar surface area (TPSA) is 50.8 Å². The molecular weight excluding hydrogens is 348 g/mol. The molecule has 0 spiro atoms. The molecule has 0 saturated carbocycles. The number of hydrogen-bond donors (Lipinski definition) is 1. The van der Waals surface area contributed by atoms with Gasteiger partial charge in [-0.2, -0.15) is 0 Å². The van der Waals surface area contributed by atoms with E-state index in [-0.39, 0.29) is 18.9 Å². The smallest absolute Gasteiger partial charge is 0.257 e. The Hall–Kier alpha value is -2.21. The second kappa shape index (κ2) is 4.91. The maximum atomic E-state index is 12.5. The summed E-state index contributed by atoms with van der Waals surface area (Å²) in [5.74, 6) is 1.38. The zero-order chi connectivity index (χ0) is 15.3. The van der Waals surface area contributed by atoms with Crippen LogP contribution in [0.4, 0.5) is 5.69 Å². The van der Waals surface area contributed by atoms with Crippen LogP contribution in [0.15, 0.2) is 40.9 Å². The van der Waals surface area contributed by atoms with Gasteiger partial charge < -0.3 is 19.7 Å². The first-order chi connectivity index (χ1) is 10.6. The zero-order valence-electron chi connectivity index (χ0n) is 11.8. The van der Waals surface area contributed by atoms with Gasteiger partial charge in [0.05, 0.1) is 10.0 Å². The molecule has 0 fully saturated rings. The maximum absolute atomic E-state index is 12.5. The van der Waals surface area contributed by atoms with E-state index in [0.29, 0.717) is 17.1 Å². The molecule has 6 heteroatoms. The van der Waals surface area contributed by atoms with Crippen LogP contribution >= 0.6 is 15.9 Å². The van der Waals surface area contributed by atoms with Crippen LogP contribution in [0.1, 0.15) is 22.1 Å². The van der Waals surface area contributed by atoms with Gasteiger partial charge in [-0.25, -0.2) is 0 Å². The van der Waals surface area contributed by atoms with Crippen molar-refractivity contribution >= 4 is 27.5 Å². The lowest BCUT2D eigenvalue weighted by Gasteiger charge is -2.35. The summed E-state index contributed by atoms with van der Waals surface area (Å²) < 4.78 is 11.7. The third kappa shape index (κ3) is 1.94. The van der Waals surface area contributed by atoms with E-state index < -0.39 is 0 Å². The molecular formula is C16H13BrN2O3. The highest BCUT2D eigenvalue weighted by Crippen LogP contribution is 2.43. The average molecular weight is 361 g/mol. The highest BCUT2D eigenvalue weighted by Gasteiger charge is 2.31. The van der Waals surface area contributed by atoms with Gasteiger partial charge in [0.25, 0.3) is 5.91 Å². The molecule has 0 bridgehead atoms. The van der Waals surface area contributed by atoms with E-state index in [0.717, 1.165) is 15.7 Å². The monoisotopic (exact) mass is 360 g/mol. The number of amides is 1. The number of hydrogen-bond acceptors (Lipinski definition) is 4. The summed E-state index contributed by atoms with van der Waals surface area (Å²) in [7, 11) is 1.79. The second-order valence-electron chi connectivity index (χ2n) is 5.25. The maximum Gasteiger partial charge on any atom is 0.257 e. The van der Waals surface area contributed by atoms with Gasteiger partial charge in [-0.1, -0.05) is 12.1 Å². The molecule has 2 aromatic rings. The number of fused-ring (bicyclic) bond motifs is 2. The third-order valence-electron chi connectivity index (χ3n) is 3.92. The number of carbonyl (C=O) groups excluding carboxylic acids is 1. The lowest BCUT2D eigenvalue weighted by atomic mass is 10.0. The number of halogens is 1. The van der Waals surface area contributed by atoms with Crippen molar-refractivity contribution in [1.29, 1.82) is 0 Å². The highest BCUT2D eigenvalue weighted by atomic mass is 79.9. The third-order valence-corrected chi connectivity index (χ3v) is 4.51. The molecule has 1 amide bonds. The summed E-state index contributed by atoms with van der Waals surface area (Å²) in [5, 5.41) is 3.40. The van der Waals surface area contributed by atoms with Gasteiger partial charge in [0, 0.05) is 12.7 Å². The number of ether oxygens (including phenoxy) is 2. The molecule has 1 unspecified atom stereocenters. The van der Waals surface area contributed by atoms with Crippen molar-refractivity contribution in [2.45, 2.75) is 6.17 Å². The molecule has 0 aliphatic carbocycles. The van der Waals surface area contributed by atoms with Crippen molar-refractivity contribution < 1.29 is 14.3 Å². The van der Waals surface area contributed by atoms with Crippen LogP contribution in [-0.4, -0.2) is 24.6 Å². The van der Waals surface area contributed by atoms with Crippen LogP contribution < -0.4 is 14.8 Å². The Labute approximate surface area is 136 Å². The van der Waals surface area contributed by atoms with Crippen LogP contribution in [0.3, 0.4) is 0 Å². The number of nitrogens with one attached hydrogen (secondary N) is 1. The Bertz CT molecular complexity index is 778. The Morgan fingerprint density at radius 3 is 2.95 bits per heavy atom. The molecule has 112 valence electrons. The van der Waals surface area contributed by atoms with E-state index in [9.17, 15) is 4.79 Å². The van der Waals surface area contributed by atoms with Gasteiger partial charge in [0.15, 0.2) is 11.5 Å². The van der Waals surface area contributed by atoms with E-state index in [4.69, 9.17) is 9.47 Å². The molecule has 5 nitrogen and oxygen atoms in total. The molecule has 1 N–H and O–H groups in total. The summed E-state index contributed by atoms with van der Waals surface area (Å²) in [6.07, 6.45) is -0.256. The van der Waals surface area contributed by atoms with Crippen LogP contribution in [-0.2, 0) is 0 Å². The molecule has 4 rings (SSSR count). The van der Waals surface area contributed by atoms with Crippen molar-refractivity contribution in [2.75, 3.05) is 19.2 Å². The number of carbonyl (C=O) groups is 1. The van der Waals surface area contributed by atoms with Crippen molar-refractivity contribution in [3.8, 4) is 11.5 Å². The molecule has 2 aromatic carbocycles. The quantitative estimate of drug-likeness (QED) is 0.846. The normalized spacial score (nSPS) is 18.9. The van der Waals surface area contributed by atoms with E-state index in [1.807, 2.05) is 36.4 Å². The Morgan fingerprint density at radius 1 is 1.27 bits per heavy atom. The van der Waals surface area contributed by atoms with Crippen LogP contribution in [0.25, 0.3) is 0 Å². The fourth-order valence-corrected chi connectivity index (χ4v) is 3.37. The molecule has 2 heterocycles. The van der Waals surface area contributed by atoms with Crippen LogP contribution in [0.5, 0.6) is 11.5 Å². The van der Waals surface area contributed by atoms with Gasteiger partial charge in [0.2, 0.25) is 6.79 Å². The molecule has 0 aromatic heterocycles. The summed E-state index contributed by atoms with van der Waals surface area (Å²) in [5.41, 5.74) is 2.45. The number of para-hydroxylation sites is 1. The first-order valence-corrected chi connectivity index (χ1v) is 7.66. The van der Waals surface area contributed by atoms with Crippen LogP contribution in [0, 0.1) is 0 Å². The Balaban J connectivity index is 1.78. The number of nitrogens with zero attached hydrogens (tertiary/aromatic N) is 1. The Morgan fingerprint density at radius 2 is 2.09 bits per heavy atom. The molecule has 1 atom stereocenters. The minimum absolute atomic E-state index is 0.00635. The number of benzene rings is 2. The number of anilines is 1. The van der Waals surface area contributed by atoms with Crippen LogP contribution in [0.2, 0.25) is 0 Å². The average Bonchev–Trinajstić information content (AvgIpc) is 3.00. The van der Waals surface area contributed by atoms with Gasteiger partial charge in [-0.05, 0) is 45.8 Å².